The van der Waals surface area contributed by atoms with Gasteiger partial charge in [-0.3, -0.25) is 9.78 Å². The van der Waals surface area contributed by atoms with Gasteiger partial charge in [0.25, 0.3) is 5.91 Å². The van der Waals surface area contributed by atoms with Crippen LogP contribution in [0.1, 0.15) is 16.1 Å². The monoisotopic (exact) mass is 397 g/mol. The van der Waals surface area contributed by atoms with Crippen molar-refractivity contribution in [1.29, 1.82) is 0 Å². The van der Waals surface area contributed by atoms with Crippen molar-refractivity contribution in [2.75, 3.05) is 26.0 Å². The molecule has 0 bridgehead atoms. The molecule has 0 aliphatic rings. The number of nitrogens with one attached hydrogen (secondary N) is 1. The molecule has 2 heterocycles. The van der Waals surface area contributed by atoms with E-state index in [0.29, 0.717) is 34.5 Å². The number of ether oxygens (including phenoxy) is 1. The smallest absolute Gasteiger partial charge is 0.272 e. The second-order valence-corrected chi connectivity index (χ2v) is 6.53. The number of rotatable bonds is 7. The van der Waals surface area contributed by atoms with E-state index in [0.717, 1.165) is 12.0 Å². The van der Waals surface area contributed by atoms with Gasteiger partial charge in [0.15, 0.2) is 0 Å². The number of benzene rings is 1. The maximum absolute atomic E-state index is 12.7. The lowest BCUT2D eigenvalue weighted by Crippen LogP contribution is -2.29. The van der Waals surface area contributed by atoms with Gasteiger partial charge in [0, 0.05) is 37.1 Å². The highest BCUT2D eigenvalue weighted by molar-refractivity contribution is 6.31. The van der Waals surface area contributed by atoms with Crippen LogP contribution >= 0.6 is 11.6 Å². The first-order valence-corrected chi connectivity index (χ1v) is 9.01. The number of anilines is 2. The molecular weight excluding hydrogens is 378 g/mol. The van der Waals surface area contributed by atoms with Crippen LogP contribution in [0.25, 0.3) is 0 Å². The number of hydrogen-bond donors (Lipinski definition) is 1. The Balaban J connectivity index is 1.70. The van der Waals surface area contributed by atoms with Crippen LogP contribution < -0.4 is 10.1 Å². The molecule has 1 N–H and O–H groups in total. The van der Waals surface area contributed by atoms with Gasteiger partial charge >= 0.3 is 0 Å². The molecule has 0 unspecified atom stereocenters. The molecule has 1 aromatic carbocycles. The fourth-order valence-electron chi connectivity index (χ4n) is 2.60. The van der Waals surface area contributed by atoms with Gasteiger partial charge in [0.05, 0.1) is 12.8 Å². The molecule has 28 heavy (non-hydrogen) atoms. The SMILES string of the molecule is COc1ccc(Cl)cc1Nc1cc(C(=O)N(C)CCc2ccncc2)ncn1. The summed E-state index contributed by atoms with van der Waals surface area (Å²) in [5.41, 5.74) is 2.07. The van der Waals surface area contributed by atoms with E-state index in [1.165, 1.54) is 6.33 Å². The number of halogens is 1. The topological polar surface area (TPSA) is 80.2 Å². The van der Waals surface area contributed by atoms with E-state index in [4.69, 9.17) is 16.3 Å². The fourth-order valence-corrected chi connectivity index (χ4v) is 2.77. The first-order chi connectivity index (χ1) is 13.6. The van der Waals surface area contributed by atoms with Crippen LogP contribution in [0.2, 0.25) is 5.02 Å². The third-order valence-electron chi connectivity index (χ3n) is 4.14. The van der Waals surface area contributed by atoms with Gasteiger partial charge in [0.2, 0.25) is 0 Å². The Hall–Kier alpha value is -3.19. The summed E-state index contributed by atoms with van der Waals surface area (Å²) in [4.78, 5) is 26.6. The second kappa shape index (κ2) is 9.14. The zero-order valence-electron chi connectivity index (χ0n) is 15.6. The second-order valence-electron chi connectivity index (χ2n) is 6.09. The van der Waals surface area contributed by atoms with Gasteiger partial charge < -0.3 is 15.0 Å². The molecule has 0 spiro atoms. The minimum atomic E-state index is -0.183. The molecular formula is C20H20ClN5O2. The summed E-state index contributed by atoms with van der Waals surface area (Å²) in [5.74, 6) is 0.907. The first kappa shape index (κ1) is 19.6. The van der Waals surface area contributed by atoms with Crippen molar-refractivity contribution in [2.45, 2.75) is 6.42 Å². The van der Waals surface area contributed by atoms with Gasteiger partial charge in [-0.25, -0.2) is 9.97 Å². The van der Waals surface area contributed by atoms with Crippen LogP contribution in [0.5, 0.6) is 5.75 Å². The highest BCUT2D eigenvalue weighted by Gasteiger charge is 2.15. The van der Waals surface area contributed by atoms with Crippen molar-refractivity contribution in [1.82, 2.24) is 19.9 Å². The van der Waals surface area contributed by atoms with Crippen LogP contribution in [0, 0.1) is 0 Å². The summed E-state index contributed by atoms with van der Waals surface area (Å²) >= 11 is 6.06. The molecule has 3 aromatic rings. The van der Waals surface area contributed by atoms with Crippen molar-refractivity contribution in [3.63, 3.8) is 0 Å². The Morgan fingerprint density at radius 2 is 1.96 bits per heavy atom. The molecule has 0 atom stereocenters. The Labute approximate surface area is 168 Å². The van der Waals surface area contributed by atoms with Crippen molar-refractivity contribution >= 4 is 29.0 Å². The summed E-state index contributed by atoms with van der Waals surface area (Å²) < 4.78 is 5.32. The molecule has 144 valence electrons. The van der Waals surface area contributed by atoms with Crippen molar-refractivity contribution in [3.05, 3.63) is 71.4 Å². The number of amides is 1. The predicted octanol–water partition coefficient (Wildman–Crippen LogP) is 3.59. The van der Waals surface area contributed by atoms with Crippen LogP contribution in [0.15, 0.2) is 55.1 Å². The van der Waals surface area contributed by atoms with Gasteiger partial charge in [-0.05, 0) is 42.3 Å². The molecule has 0 aliphatic carbocycles. The molecule has 8 heteroatoms. The van der Waals surface area contributed by atoms with Crippen molar-refractivity contribution in [3.8, 4) is 5.75 Å². The number of pyridine rings is 1. The lowest BCUT2D eigenvalue weighted by molar-refractivity contribution is 0.0790. The zero-order valence-corrected chi connectivity index (χ0v) is 16.3. The average Bonchev–Trinajstić information content (AvgIpc) is 2.72. The van der Waals surface area contributed by atoms with E-state index in [1.54, 1.807) is 55.7 Å². The summed E-state index contributed by atoms with van der Waals surface area (Å²) in [6.07, 6.45) is 5.57. The summed E-state index contributed by atoms with van der Waals surface area (Å²) in [6, 6.07) is 10.7. The molecule has 2 aromatic heterocycles. The van der Waals surface area contributed by atoms with Crippen LogP contribution in [0.3, 0.4) is 0 Å². The summed E-state index contributed by atoms with van der Waals surface area (Å²) in [5, 5.41) is 3.68. The number of carbonyl (C=O) groups is 1. The van der Waals surface area contributed by atoms with E-state index >= 15 is 0 Å². The molecule has 0 fully saturated rings. The third kappa shape index (κ3) is 4.95. The quantitative estimate of drug-likeness (QED) is 0.656. The van der Waals surface area contributed by atoms with E-state index in [1.807, 2.05) is 12.1 Å². The summed E-state index contributed by atoms with van der Waals surface area (Å²) in [6.45, 7) is 0.567. The highest BCUT2D eigenvalue weighted by atomic mass is 35.5. The van der Waals surface area contributed by atoms with Crippen LogP contribution in [-0.2, 0) is 6.42 Å². The molecule has 0 aliphatic heterocycles. The van der Waals surface area contributed by atoms with Gasteiger partial charge in [-0.1, -0.05) is 11.6 Å². The lowest BCUT2D eigenvalue weighted by atomic mass is 10.2. The standard InChI is InChI=1S/C20H20ClN5O2/c1-26(10-7-14-5-8-22-9-6-14)20(27)17-12-19(24-13-23-17)25-16-11-15(21)3-4-18(16)28-2/h3-6,8-9,11-13H,7,10H2,1-2H3,(H,23,24,25). The van der Waals surface area contributed by atoms with Crippen LogP contribution in [-0.4, -0.2) is 46.5 Å². The van der Waals surface area contributed by atoms with E-state index in [2.05, 4.69) is 20.3 Å². The Morgan fingerprint density at radius 3 is 2.71 bits per heavy atom. The largest absolute Gasteiger partial charge is 0.495 e. The molecule has 0 radical (unpaired) electrons. The Kier molecular flexibility index (Phi) is 6.39. The summed E-state index contributed by atoms with van der Waals surface area (Å²) in [7, 11) is 3.32. The minimum Gasteiger partial charge on any atom is -0.495 e. The Bertz CT molecular complexity index is 952. The third-order valence-corrected chi connectivity index (χ3v) is 4.38. The Morgan fingerprint density at radius 1 is 1.18 bits per heavy atom. The number of carbonyl (C=O) groups excluding carboxylic acids is 1. The number of nitrogens with zero attached hydrogens (tertiary/aromatic N) is 4. The molecule has 0 saturated carbocycles. The maximum atomic E-state index is 12.7. The minimum absolute atomic E-state index is 0.183. The predicted molar refractivity (Wildman–Crippen MR) is 108 cm³/mol. The number of hydrogen-bond acceptors (Lipinski definition) is 6. The highest BCUT2D eigenvalue weighted by Crippen LogP contribution is 2.29. The van der Waals surface area contributed by atoms with Crippen LogP contribution in [0.4, 0.5) is 11.5 Å². The average molecular weight is 398 g/mol. The molecule has 7 nitrogen and oxygen atoms in total. The number of methoxy groups -OCH3 is 1. The molecule has 0 saturated heterocycles. The van der Waals surface area contributed by atoms with Crippen molar-refractivity contribution in [2.24, 2.45) is 0 Å². The van der Waals surface area contributed by atoms with Gasteiger partial charge in [-0.15, -0.1) is 0 Å². The van der Waals surface area contributed by atoms with E-state index in [-0.39, 0.29) is 5.91 Å². The van der Waals surface area contributed by atoms with E-state index in [9.17, 15) is 4.79 Å². The maximum Gasteiger partial charge on any atom is 0.272 e. The van der Waals surface area contributed by atoms with Gasteiger partial charge in [0.1, 0.15) is 23.6 Å². The molecule has 3 rings (SSSR count). The van der Waals surface area contributed by atoms with Gasteiger partial charge in [-0.2, -0.15) is 0 Å². The first-order valence-electron chi connectivity index (χ1n) is 8.64. The lowest BCUT2D eigenvalue weighted by Gasteiger charge is -2.17. The zero-order chi connectivity index (χ0) is 19.9. The normalized spacial score (nSPS) is 10.4. The fraction of sp³-hybridized carbons (Fsp3) is 0.200. The van der Waals surface area contributed by atoms with E-state index < -0.39 is 0 Å². The number of aromatic nitrogens is 3. The van der Waals surface area contributed by atoms with Crippen molar-refractivity contribution < 1.29 is 9.53 Å². The molecule has 1 amide bonds. The number of likely N-dealkylation sites (N-methyl/N-ethyl adjacent to an activating group) is 1.